The minimum atomic E-state index is 0.0287. The number of hydrogen-bond acceptors (Lipinski definition) is 3. The third kappa shape index (κ3) is 6.25. The number of halogens is 1. The molecule has 1 atom stereocenters. The molecule has 1 heterocycles. The summed E-state index contributed by atoms with van der Waals surface area (Å²) in [6.45, 7) is 1.96. The van der Waals surface area contributed by atoms with Crippen LogP contribution in [-0.2, 0) is 11.3 Å². The van der Waals surface area contributed by atoms with Crippen LogP contribution in [0.3, 0.4) is 0 Å². The van der Waals surface area contributed by atoms with Crippen molar-refractivity contribution in [3.05, 3.63) is 64.7 Å². The summed E-state index contributed by atoms with van der Waals surface area (Å²) in [6, 6.07) is 15.3. The van der Waals surface area contributed by atoms with E-state index in [0.717, 1.165) is 48.4 Å². The van der Waals surface area contributed by atoms with Crippen LogP contribution in [-0.4, -0.2) is 36.1 Å². The Kier molecular flexibility index (Phi) is 8.01. The third-order valence-corrected chi connectivity index (χ3v) is 6.47. The molecule has 2 aromatic rings. The van der Waals surface area contributed by atoms with Crippen LogP contribution in [0, 0.1) is 5.92 Å². The van der Waals surface area contributed by atoms with E-state index in [-0.39, 0.29) is 11.8 Å². The van der Waals surface area contributed by atoms with E-state index in [4.69, 9.17) is 11.6 Å². The number of carbonyl (C=O) groups is 2. The van der Waals surface area contributed by atoms with Gasteiger partial charge >= 0.3 is 0 Å². The molecule has 0 radical (unpaired) electrons. The van der Waals surface area contributed by atoms with Crippen LogP contribution >= 0.6 is 23.4 Å². The molecule has 4 nitrogen and oxygen atoms in total. The first kappa shape index (κ1) is 21.7. The largest absolute Gasteiger partial charge is 0.352 e. The van der Waals surface area contributed by atoms with E-state index in [2.05, 4.69) is 5.32 Å². The average Bonchev–Trinajstić information content (AvgIpc) is 2.77. The molecule has 2 amide bonds. The monoisotopic (exact) mass is 430 g/mol. The summed E-state index contributed by atoms with van der Waals surface area (Å²) in [6.07, 6.45) is 5.34. The number of nitrogens with one attached hydrogen (secondary N) is 1. The lowest BCUT2D eigenvalue weighted by molar-refractivity contribution is -0.121. The normalized spacial score (nSPS) is 16.5. The van der Waals surface area contributed by atoms with Gasteiger partial charge in [0, 0.05) is 41.5 Å². The van der Waals surface area contributed by atoms with Gasteiger partial charge in [-0.05, 0) is 67.3 Å². The molecule has 2 aromatic carbocycles. The zero-order valence-electron chi connectivity index (χ0n) is 16.7. The highest BCUT2D eigenvalue weighted by Crippen LogP contribution is 2.23. The molecule has 1 saturated heterocycles. The van der Waals surface area contributed by atoms with E-state index < -0.39 is 0 Å². The van der Waals surface area contributed by atoms with Crippen molar-refractivity contribution in [3.63, 3.8) is 0 Å². The predicted molar refractivity (Wildman–Crippen MR) is 119 cm³/mol. The molecule has 6 heteroatoms. The molecule has 0 bridgehead atoms. The van der Waals surface area contributed by atoms with Crippen molar-refractivity contribution >= 4 is 35.2 Å². The van der Waals surface area contributed by atoms with Gasteiger partial charge in [0.1, 0.15) is 0 Å². The number of rotatable bonds is 7. The Labute approximate surface area is 182 Å². The molecule has 1 unspecified atom stereocenters. The van der Waals surface area contributed by atoms with Crippen LogP contribution in [0.25, 0.3) is 0 Å². The van der Waals surface area contributed by atoms with Gasteiger partial charge in [0.05, 0.1) is 0 Å². The van der Waals surface area contributed by atoms with Crippen LogP contribution in [0.15, 0.2) is 53.4 Å². The standard InChI is InChI=1S/C23H27ClN2O2S/c1-29-20-11-9-18(10-12-20)23(28)26-14-4-5-17(16-26)8-13-22(27)25-15-19-6-2-3-7-21(19)24/h2-3,6-7,9-12,17H,4-5,8,13-16H2,1H3,(H,25,27). The van der Waals surface area contributed by atoms with Crippen molar-refractivity contribution in [1.29, 1.82) is 0 Å². The lowest BCUT2D eigenvalue weighted by Gasteiger charge is -2.33. The lowest BCUT2D eigenvalue weighted by atomic mass is 9.92. The number of carbonyl (C=O) groups excluding carboxylic acids is 2. The number of piperidine rings is 1. The summed E-state index contributed by atoms with van der Waals surface area (Å²) in [7, 11) is 0. The van der Waals surface area contributed by atoms with E-state index >= 15 is 0 Å². The van der Waals surface area contributed by atoms with Crippen molar-refractivity contribution in [2.24, 2.45) is 5.92 Å². The molecule has 0 aromatic heterocycles. The van der Waals surface area contributed by atoms with Crippen molar-refractivity contribution < 1.29 is 9.59 Å². The highest BCUT2D eigenvalue weighted by Gasteiger charge is 2.24. The van der Waals surface area contributed by atoms with Gasteiger partial charge in [-0.3, -0.25) is 9.59 Å². The maximum atomic E-state index is 12.8. The van der Waals surface area contributed by atoms with E-state index in [1.54, 1.807) is 11.8 Å². The number of nitrogens with zero attached hydrogens (tertiary/aromatic N) is 1. The first-order chi connectivity index (χ1) is 14.1. The molecule has 1 aliphatic rings. The predicted octanol–water partition coefficient (Wildman–Crippen LogP) is 5.01. The minimum absolute atomic E-state index is 0.0287. The Morgan fingerprint density at radius 3 is 2.66 bits per heavy atom. The van der Waals surface area contributed by atoms with Crippen LogP contribution in [0.5, 0.6) is 0 Å². The summed E-state index contributed by atoms with van der Waals surface area (Å²) in [5.41, 5.74) is 1.66. The summed E-state index contributed by atoms with van der Waals surface area (Å²) < 4.78 is 0. The molecule has 1 N–H and O–H groups in total. The van der Waals surface area contributed by atoms with Crippen LogP contribution in [0.1, 0.15) is 41.6 Å². The maximum Gasteiger partial charge on any atom is 0.253 e. The van der Waals surface area contributed by atoms with Gasteiger partial charge in [0.25, 0.3) is 5.91 Å². The summed E-state index contributed by atoms with van der Waals surface area (Å²) in [4.78, 5) is 28.1. The fraction of sp³-hybridized carbons (Fsp3) is 0.391. The van der Waals surface area contributed by atoms with E-state index in [1.807, 2.05) is 59.7 Å². The first-order valence-corrected chi connectivity index (χ1v) is 11.6. The fourth-order valence-corrected chi connectivity index (χ4v) is 4.27. The van der Waals surface area contributed by atoms with Gasteiger partial charge in [-0.15, -0.1) is 11.8 Å². The molecule has 1 fully saturated rings. The number of benzene rings is 2. The van der Waals surface area contributed by atoms with Gasteiger partial charge in [0.15, 0.2) is 0 Å². The Balaban J connectivity index is 1.46. The van der Waals surface area contributed by atoms with Crippen molar-refractivity contribution in [3.8, 4) is 0 Å². The van der Waals surface area contributed by atoms with E-state index in [1.165, 1.54) is 0 Å². The molecule has 0 aliphatic carbocycles. The molecule has 3 rings (SSSR count). The van der Waals surface area contributed by atoms with Gasteiger partial charge in [-0.2, -0.15) is 0 Å². The third-order valence-electron chi connectivity index (χ3n) is 5.36. The zero-order chi connectivity index (χ0) is 20.6. The molecular formula is C23H27ClN2O2S. The van der Waals surface area contributed by atoms with Crippen LogP contribution in [0.4, 0.5) is 0 Å². The highest BCUT2D eigenvalue weighted by molar-refractivity contribution is 7.98. The highest BCUT2D eigenvalue weighted by atomic mass is 35.5. The van der Waals surface area contributed by atoms with Gasteiger partial charge in [-0.1, -0.05) is 29.8 Å². The van der Waals surface area contributed by atoms with Gasteiger partial charge in [-0.25, -0.2) is 0 Å². The van der Waals surface area contributed by atoms with E-state index in [0.29, 0.717) is 23.9 Å². The Hall–Kier alpha value is -1.98. The van der Waals surface area contributed by atoms with Crippen LogP contribution in [0.2, 0.25) is 5.02 Å². The second-order valence-corrected chi connectivity index (χ2v) is 8.68. The maximum absolute atomic E-state index is 12.8. The molecule has 29 heavy (non-hydrogen) atoms. The number of amides is 2. The van der Waals surface area contributed by atoms with Crippen molar-refractivity contribution in [2.75, 3.05) is 19.3 Å². The Bertz CT molecular complexity index is 841. The van der Waals surface area contributed by atoms with Crippen molar-refractivity contribution in [1.82, 2.24) is 10.2 Å². The summed E-state index contributed by atoms with van der Waals surface area (Å²) in [5.74, 6) is 0.482. The Morgan fingerprint density at radius 1 is 1.17 bits per heavy atom. The molecular weight excluding hydrogens is 404 g/mol. The summed E-state index contributed by atoms with van der Waals surface area (Å²) >= 11 is 7.80. The summed E-state index contributed by atoms with van der Waals surface area (Å²) in [5, 5.41) is 3.61. The van der Waals surface area contributed by atoms with E-state index in [9.17, 15) is 9.59 Å². The van der Waals surface area contributed by atoms with Crippen LogP contribution < -0.4 is 5.32 Å². The quantitative estimate of drug-likeness (QED) is 0.628. The van der Waals surface area contributed by atoms with Crippen molar-refractivity contribution in [2.45, 2.75) is 37.1 Å². The fourth-order valence-electron chi connectivity index (χ4n) is 3.66. The molecule has 0 spiro atoms. The second kappa shape index (κ2) is 10.7. The lowest BCUT2D eigenvalue weighted by Crippen LogP contribution is -2.40. The second-order valence-electron chi connectivity index (χ2n) is 7.39. The van der Waals surface area contributed by atoms with Gasteiger partial charge < -0.3 is 10.2 Å². The molecule has 0 saturated carbocycles. The SMILES string of the molecule is CSc1ccc(C(=O)N2CCCC(CCC(=O)NCc3ccccc3Cl)C2)cc1. The first-order valence-electron chi connectivity index (χ1n) is 10.00. The average molecular weight is 431 g/mol. The van der Waals surface area contributed by atoms with Gasteiger partial charge in [0.2, 0.25) is 5.91 Å². The number of likely N-dealkylation sites (tertiary alicyclic amines) is 1. The minimum Gasteiger partial charge on any atom is -0.352 e. The number of thioether (sulfide) groups is 1. The topological polar surface area (TPSA) is 49.4 Å². The Morgan fingerprint density at radius 2 is 1.93 bits per heavy atom. The zero-order valence-corrected chi connectivity index (χ0v) is 18.3. The smallest absolute Gasteiger partial charge is 0.253 e. The molecule has 154 valence electrons. The molecule has 1 aliphatic heterocycles. The number of hydrogen-bond donors (Lipinski definition) is 1.